The minimum absolute atomic E-state index is 0.152. The molecule has 3 heterocycles. The maximum atomic E-state index is 12.4. The van der Waals surface area contributed by atoms with Crippen molar-refractivity contribution < 1.29 is 9.53 Å². The first-order chi connectivity index (χ1) is 16.1. The van der Waals surface area contributed by atoms with Gasteiger partial charge in [-0.1, -0.05) is 17.8 Å². The predicted octanol–water partition coefficient (Wildman–Crippen LogP) is 3.66. The molecule has 1 amide bonds. The summed E-state index contributed by atoms with van der Waals surface area (Å²) in [5.74, 6) is 0.740. The van der Waals surface area contributed by atoms with Crippen molar-refractivity contribution in [2.75, 3.05) is 18.2 Å². The highest BCUT2D eigenvalue weighted by molar-refractivity contribution is 7.99. The van der Waals surface area contributed by atoms with Gasteiger partial charge in [-0.25, -0.2) is 4.52 Å². The Morgan fingerprint density at radius 1 is 1.15 bits per heavy atom. The van der Waals surface area contributed by atoms with Gasteiger partial charge in [0.05, 0.1) is 30.2 Å². The molecule has 0 unspecified atom stereocenters. The maximum Gasteiger partial charge on any atom is 0.234 e. The standard InChI is InChI=1S/C23H17N7O2S/c1-32-18-7-5-16(6-8-18)19-12-20-22-26-27-23(29(22)9-10-30(20)28-19)33-14-21(31)25-17-4-2-3-15(11-17)13-24/h2-12H,14H2,1H3,(H,25,31). The number of ether oxygens (including phenoxy) is 1. The van der Waals surface area contributed by atoms with E-state index in [0.29, 0.717) is 22.1 Å². The number of rotatable bonds is 6. The molecular weight excluding hydrogens is 438 g/mol. The van der Waals surface area contributed by atoms with Crippen LogP contribution in [-0.4, -0.2) is 43.0 Å². The number of amides is 1. The summed E-state index contributed by atoms with van der Waals surface area (Å²) in [4.78, 5) is 12.4. The monoisotopic (exact) mass is 455 g/mol. The lowest BCUT2D eigenvalue weighted by Gasteiger charge is -2.05. The van der Waals surface area contributed by atoms with Gasteiger partial charge in [0.1, 0.15) is 11.3 Å². The van der Waals surface area contributed by atoms with Gasteiger partial charge in [0.2, 0.25) is 5.91 Å². The van der Waals surface area contributed by atoms with Gasteiger partial charge in [0.15, 0.2) is 10.8 Å². The molecule has 0 saturated heterocycles. The van der Waals surface area contributed by atoms with E-state index in [4.69, 9.17) is 10.00 Å². The smallest absolute Gasteiger partial charge is 0.234 e. The molecule has 0 fully saturated rings. The van der Waals surface area contributed by atoms with Gasteiger partial charge in [0, 0.05) is 23.6 Å². The Balaban J connectivity index is 1.35. The van der Waals surface area contributed by atoms with Crippen LogP contribution in [0.3, 0.4) is 0 Å². The fraction of sp³-hybridized carbons (Fsp3) is 0.0870. The van der Waals surface area contributed by atoms with Crippen molar-refractivity contribution in [3.05, 3.63) is 72.6 Å². The lowest BCUT2D eigenvalue weighted by Crippen LogP contribution is -2.14. The van der Waals surface area contributed by atoms with E-state index in [9.17, 15) is 4.79 Å². The molecular formula is C23H17N7O2S. The Morgan fingerprint density at radius 2 is 2.00 bits per heavy atom. The van der Waals surface area contributed by atoms with E-state index in [1.165, 1.54) is 11.8 Å². The molecule has 10 heteroatoms. The number of nitrogens with one attached hydrogen (secondary N) is 1. The van der Waals surface area contributed by atoms with E-state index in [1.807, 2.05) is 47.1 Å². The fourth-order valence-corrected chi connectivity index (χ4v) is 4.10. The number of fused-ring (bicyclic) bond motifs is 3. The molecule has 0 radical (unpaired) electrons. The van der Waals surface area contributed by atoms with Gasteiger partial charge in [-0.2, -0.15) is 10.4 Å². The number of nitrogens with zero attached hydrogens (tertiary/aromatic N) is 6. The number of hydrogen-bond acceptors (Lipinski definition) is 7. The van der Waals surface area contributed by atoms with Gasteiger partial charge >= 0.3 is 0 Å². The summed E-state index contributed by atoms with van der Waals surface area (Å²) in [6.07, 6.45) is 3.65. The van der Waals surface area contributed by atoms with Crippen molar-refractivity contribution in [2.24, 2.45) is 0 Å². The number of benzene rings is 2. The first kappa shape index (κ1) is 20.5. The molecule has 2 aromatic carbocycles. The zero-order chi connectivity index (χ0) is 22.8. The third kappa shape index (κ3) is 4.09. The van der Waals surface area contributed by atoms with Crippen molar-refractivity contribution >= 4 is 34.5 Å². The van der Waals surface area contributed by atoms with E-state index < -0.39 is 0 Å². The summed E-state index contributed by atoms with van der Waals surface area (Å²) >= 11 is 1.28. The first-order valence-electron chi connectivity index (χ1n) is 9.95. The predicted molar refractivity (Wildman–Crippen MR) is 124 cm³/mol. The Hall–Kier alpha value is -4.36. The molecule has 0 aliphatic carbocycles. The number of nitriles is 1. The maximum absolute atomic E-state index is 12.4. The van der Waals surface area contributed by atoms with Crippen molar-refractivity contribution in [2.45, 2.75) is 5.16 Å². The van der Waals surface area contributed by atoms with Crippen LogP contribution in [0, 0.1) is 11.3 Å². The Bertz CT molecular complexity index is 1520. The molecule has 9 nitrogen and oxygen atoms in total. The quantitative estimate of drug-likeness (QED) is 0.389. The van der Waals surface area contributed by atoms with Gasteiger partial charge in [-0.3, -0.25) is 9.20 Å². The lowest BCUT2D eigenvalue weighted by molar-refractivity contribution is -0.113. The number of methoxy groups -OCH3 is 1. The van der Waals surface area contributed by atoms with Crippen LogP contribution in [0.2, 0.25) is 0 Å². The van der Waals surface area contributed by atoms with E-state index >= 15 is 0 Å². The topological polar surface area (TPSA) is 110 Å². The van der Waals surface area contributed by atoms with Crippen LogP contribution >= 0.6 is 11.8 Å². The Kier molecular flexibility index (Phi) is 5.38. The second kappa shape index (κ2) is 8.64. The van der Waals surface area contributed by atoms with Gasteiger partial charge in [-0.05, 0) is 48.5 Å². The molecule has 5 rings (SSSR count). The molecule has 0 spiro atoms. The van der Waals surface area contributed by atoms with Gasteiger partial charge in [-0.15, -0.1) is 10.2 Å². The molecule has 162 valence electrons. The number of carbonyl (C=O) groups is 1. The van der Waals surface area contributed by atoms with E-state index in [1.54, 1.807) is 35.9 Å². The van der Waals surface area contributed by atoms with Crippen molar-refractivity contribution in [1.82, 2.24) is 24.2 Å². The summed E-state index contributed by atoms with van der Waals surface area (Å²) in [6.45, 7) is 0. The van der Waals surface area contributed by atoms with Crippen LogP contribution in [-0.2, 0) is 4.79 Å². The largest absolute Gasteiger partial charge is 0.497 e. The molecule has 33 heavy (non-hydrogen) atoms. The van der Waals surface area contributed by atoms with Crippen LogP contribution in [0.1, 0.15) is 5.56 Å². The molecule has 1 N–H and O–H groups in total. The third-order valence-corrected chi connectivity index (χ3v) is 5.92. The van der Waals surface area contributed by atoms with Gasteiger partial charge in [0.25, 0.3) is 0 Å². The average Bonchev–Trinajstić information content (AvgIpc) is 3.47. The highest BCUT2D eigenvalue weighted by atomic mass is 32.2. The second-order valence-electron chi connectivity index (χ2n) is 7.09. The lowest BCUT2D eigenvalue weighted by atomic mass is 10.1. The number of hydrogen-bond donors (Lipinski definition) is 1. The SMILES string of the molecule is COc1ccc(-c2cc3c4nnc(SCC(=O)Nc5cccc(C#N)c5)n4ccn3n2)cc1. The molecule has 5 aromatic rings. The summed E-state index contributed by atoms with van der Waals surface area (Å²) in [6, 6.07) is 18.5. The fourth-order valence-electron chi connectivity index (χ4n) is 3.39. The van der Waals surface area contributed by atoms with Crippen LogP contribution < -0.4 is 10.1 Å². The highest BCUT2D eigenvalue weighted by Gasteiger charge is 2.14. The minimum Gasteiger partial charge on any atom is -0.497 e. The number of aromatic nitrogens is 5. The minimum atomic E-state index is -0.195. The average molecular weight is 456 g/mol. The molecule has 0 saturated carbocycles. The Labute approximate surface area is 192 Å². The number of thioether (sulfide) groups is 1. The van der Waals surface area contributed by atoms with Crippen LogP contribution in [0.5, 0.6) is 5.75 Å². The number of carbonyl (C=O) groups excluding carboxylic acids is 1. The normalized spacial score (nSPS) is 10.9. The van der Waals surface area contributed by atoms with E-state index in [-0.39, 0.29) is 11.7 Å². The second-order valence-corrected chi connectivity index (χ2v) is 8.03. The molecule has 0 aliphatic heterocycles. The zero-order valence-corrected chi connectivity index (χ0v) is 18.3. The van der Waals surface area contributed by atoms with Crippen molar-refractivity contribution in [3.8, 4) is 23.1 Å². The third-order valence-electron chi connectivity index (χ3n) is 4.98. The summed E-state index contributed by atoms with van der Waals surface area (Å²) in [5.41, 5.74) is 4.29. The zero-order valence-electron chi connectivity index (χ0n) is 17.5. The molecule has 3 aromatic heterocycles. The summed E-state index contributed by atoms with van der Waals surface area (Å²) in [5, 5.41) is 25.6. The van der Waals surface area contributed by atoms with E-state index in [2.05, 4.69) is 26.7 Å². The van der Waals surface area contributed by atoms with Crippen LogP contribution in [0.15, 0.2) is 72.1 Å². The van der Waals surface area contributed by atoms with Gasteiger partial charge < -0.3 is 10.1 Å². The van der Waals surface area contributed by atoms with Crippen molar-refractivity contribution in [3.63, 3.8) is 0 Å². The Morgan fingerprint density at radius 3 is 2.79 bits per heavy atom. The summed E-state index contributed by atoms with van der Waals surface area (Å²) < 4.78 is 8.81. The molecule has 0 aliphatic rings. The van der Waals surface area contributed by atoms with E-state index in [0.717, 1.165) is 22.5 Å². The summed E-state index contributed by atoms with van der Waals surface area (Å²) in [7, 11) is 1.63. The number of anilines is 1. The molecule has 0 bridgehead atoms. The highest BCUT2D eigenvalue weighted by Crippen LogP contribution is 2.25. The van der Waals surface area contributed by atoms with Crippen LogP contribution in [0.4, 0.5) is 5.69 Å². The van der Waals surface area contributed by atoms with Crippen LogP contribution in [0.25, 0.3) is 22.4 Å². The first-order valence-corrected chi connectivity index (χ1v) is 10.9. The molecule has 0 atom stereocenters. The van der Waals surface area contributed by atoms with Crippen molar-refractivity contribution in [1.29, 1.82) is 5.26 Å².